The summed E-state index contributed by atoms with van der Waals surface area (Å²) in [4.78, 5) is 4.33. The van der Waals surface area contributed by atoms with Crippen molar-refractivity contribution < 1.29 is 0 Å². The van der Waals surface area contributed by atoms with Crippen molar-refractivity contribution in [2.24, 2.45) is 10.7 Å². The third-order valence-electron chi connectivity index (χ3n) is 1.80. The molecule has 3 heteroatoms. The van der Waals surface area contributed by atoms with Gasteiger partial charge in [-0.05, 0) is 47.2 Å². The van der Waals surface area contributed by atoms with E-state index in [0.29, 0.717) is 5.84 Å². The van der Waals surface area contributed by atoms with Gasteiger partial charge in [0.2, 0.25) is 0 Å². The van der Waals surface area contributed by atoms with Crippen LogP contribution in [0, 0.1) is 10.5 Å². The highest BCUT2D eigenvalue weighted by atomic mass is 127. The minimum atomic E-state index is 0.685. The van der Waals surface area contributed by atoms with E-state index in [-0.39, 0.29) is 0 Å². The Kier molecular flexibility index (Phi) is 3.71. The molecule has 1 rings (SSSR count). The summed E-state index contributed by atoms with van der Waals surface area (Å²) in [6.07, 6.45) is 0.797. The zero-order chi connectivity index (χ0) is 9.84. The van der Waals surface area contributed by atoms with E-state index in [1.165, 1.54) is 3.57 Å². The Balaban J connectivity index is 3.07. The summed E-state index contributed by atoms with van der Waals surface area (Å²) < 4.78 is 1.19. The molecule has 0 aliphatic carbocycles. The van der Waals surface area contributed by atoms with Crippen molar-refractivity contribution in [1.82, 2.24) is 0 Å². The number of halogens is 1. The second-order valence-corrected chi connectivity index (χ2v) is 4.13. The van der Waals surface area contributed by atoms with Gasteiger partial charge in [0.1, 0.15) is 0 Å². The number of rotatable bonds is 2. The number of aryl methyl sites for hydroxylation is 1. The van der Waals surface area contributed by atoms with Gasteiger partial charge in [0.25, 0.3) is 0 Å². The predicted octanol–water partition coefficient (Wildman–Crippen LogP) is 3.00. The fourth-order valence-electron chi connectivity index (χ4n) is 0.937. The molecule has 0 heterocycles. The summed E-state index contributed by atoms with van der Waals surface area (Å²) in [5.74, 6) is 0.685. The fraction of sp³-hybridized carbons (Fsp3) is 0.300. The van der Waals surface area contributed by atoms with E-state index in [0.717, 1.165) is 17.7 Å². The average Bonchev–Trinajstić information content (AvgIpc) is 2.11. The van der Waals surface area contributed by atoms with Crippen molar-refractivity contribution in [1.29, 1.82) is 0 Å². The molecular weight excluding hydrogens is 275 g/mol. The Morgan fingerprint density at radius 3 is 2.85 bits per heavy atom. The van der Waals surface area contributed by atoms with Crippen LogP contribution in [-0.4, -0.2) is 5.84 Å². The second-order valence-electron chi connectivity index (χ2n) is 2.89. The Morgan fingerprint density at radius 2 is 2.23 bits per heavy atom. The molecule has 1 aromatic rings. The smallest absolute Gasteiger partial charge is 0.0993 e. The average molecular weight is 288 g/mol. The number of hydrogen-bond acceptors (Lipinski definition) is 1. The van der Waals surface area contributed by atoms with Crippen molar-refractivity contribution in [3.05, 3.63) is 27.3 Å². The number of nitrogens with two attached hydrogens (primary N) is 1. The van der Waals surface area contributed by atoms with Crippen LogP contribution in [0.2, 0.25) is 0 Å². The van der Waals surface area contributed by atoms with Gasteiger partial charge in [-0.1, -0.05) is 13.0 Å². The van der Waals surface area contributed by atoms with Crippen LogP contribution < -0.4 is 5.73 Å². The lowest BCUT2D eigenvalue weighted by atomic mass is 10.2. The fourth-order valence-corrected chi connectivity index (χ4v) is 1.41. The van der Waals surface area contributed by atoms with Crippen LogP contribution in [0.1, 0.15) is 18.9 Å². The normalized spacial score (nSPS) is 11.8. The molecule has 0 saturated carbocycles. The van der Waals surface area contributed by atoms with Gasteiger partial charge in [0, 0.05) is 9.99 Å². The maximum atomic E-state index is 5.67. The van der Waals surface area contributed by atoms with Gasteiger partial charge in [-0.15, -0.1) is 0 Å². The summed E-state index contributed by atoms with van der Waals surface area (Å²) >= 11 is 2.27. The number of aliphatic imine (C=N–C) groups is 1. The maximum Gasteiger partial charge on any atom is 0.0993 e. The third kappa shape index (κ3) is 2.99. The van der Waals surface area contributed by atoms with Crippen molar-refractivity contribution >= 4 is 34.1 Å². The molecule has 70 valence electrons. The molecule has 0 aliphatic rings. The predicted molar refractivity (Wildman–Crippen MR) is 65.5 cm³/mol. The van der Waals surface area contributed by atoms with Gasteiger partial charge < -0.3 is 5.73 Å². The molecule has 0 radical (unpaired) electrons. The molecule has 2 N–H and O–H groups in total. The number of hydrogen-bond donors (Lipinski definition) is 1. The van der Waals surface area contributed by atoms with Crippen LogP contribution in [0.4, 0.5) is 5.69 Å². The van der Waals surface area contributed by atoms with Crippen LogP contribution in [0.3, 0.4) is 0 Å². The lowest BCUT2D eigenvalue weighted by Gasteiger charge is -2.01. The topological polar surface area (TPSA) is 38.4 Å². The summed E-state index contributed by atoms with van der Waals surface area (Å²) in [7, 11) is 0. The first-order chi connectivity index (χ1) is 6.13. The molecule has 0 amide bonds. The first kappa shape index (κ1) is 10.5. The highest BCUT2D eigenvalue weighted by Gasteiger charge is 1.97. The zero-order valence-corrected chi connectivity index (χ0v) is 10.00. The van der Waals surface area contributed by atoms with Crippen LogP contribution in [0.5, 0.6) is 0 Å². The van der Waals surface area contributed by atoms with Gasteiger partial charge in [-0.3, -0.25) is 0 Å². The van der Waals surface area contributed by atoms with Gasteiger partial charge in [0.05, 0.1) is 11.5 Å². The summed E-state index contributed by atoms with van der Waals surface area (Å²) in [5, 5.41) is 0. The minimum Gasteiger partial charge on any atom is -0.387 e. The Bertz CT molecular complexity index is 332. The van der Waals surface area contributed by atoms with E-state index < -0.39 is 0 Å². The number of nitrogens with zero attached hydrogens (tertiary/aromatic N) is 1. The van der Waals surface area contributed by atoms with Crippen LogP contribution in [0.25, 0.3) is 0 Å². The maximum absolute atomic E-state index is 5.67. The van der Waals surface area contributed by atoms with Gasteiger partial charge in [0.15, 0.2) is 0 Å². The highest BCUT2D eigenvalue weighted by molar-refractivity contribution is 14.1. The first-order valence-corrected chi connectivity index (χ1v) is 5.30. The molecule has 0 fully saturated rings. The number of benzene rings is 1. The van der Waals surface area contributed by atoms with Crippen molar-refractivity contribution in [3.63, 3.8) is 0 Å². The lowest BCUT2D eigenvalue weighted by molar-refractivity contribution is 1.23. The first-order valence-electron chi connectivity index (χ1n) is 4.22. The zero-order valence-electron chi connectivity index (χ0n) is 7.84. The molecular formula is C10H13IN2. The van der Waals surface area contributed by atoms with Gasteiger partial charge >= 0.3 is 0 Å². The Morgan fingerprint density at radius 1 is 1.54 bits per heavy atom. The van der Waals surface area contributed by atoms with Crippen LogP contribution in [-0.2, 0) is 0 Å². The standard InChI is InChI=1S/C10H13IN2/c1-3-10(12)13-9-6-8(11)5-4-7(9)2/h4-6H,3H2,1-2H3,(H2,12,13). The van der Waals surface area contributed by atoms with Crippen molar-refractivity contribution in [2.45, 2.75) is 20.3 Å². The monoisotopic (exact) mass is 288 g/mol. The molecule has 0 aliphatic heterocycles. The molecule has 0 aromatic heterocycles. The molecule has 0 atom stereocenters. The summed E-state index contributed by atoms with van der Waals surface area (Å²) in [5.41, 5.74) is 7.81. The summed E-state index contributed by atoms with van der Waals surface area (Å²) in [6.45, 7) is 4.04. The molecule has 2 nitrogen and oxygen atoms in total. The Hall–Kier alpha value is -0.580. The van der Waals surface area contributed by atoms with Crippen molar-refractivity contribution in [2.75, 3.05) is 0 Å². The molecule has 0 spiro atoms. The summed E-state index contributed by atoms with van der Waals surface area (Å²) in [6, 6.07) is 6.17. The molecule has 0 unspecified atom stereocenters. The van der Waals surface area contributed by atoms with Gasteiger partial charge in [-0.2, -0.15) is 0 Å². The van der Waals surface area contributed by atoms with E-state index in [4.69, 9.17) is 5.73 Å². The van der Waals surface area contributed by atoms with Crippen LogP contribution >= 0.6 is 22.6 Å². The van der Waals surface area contributed by atoms with E-state index in [1.54, 1.807) is 0 Å². The number of amidine groups is 1. The Labute approximate surface area is 92.4 Å². The van der Waals surface area contributed by atoms with E-state index in [2.05, 4.69) is 39.7 Å². The van der Waals surface area contributed by atoms with E-state index in [1.807, 2.05) is 19.9 Å². The van der Waals surface area contributed by atoms with Crippen LogP contribution in [0.15, 0.2) is 23.2 Å². The molecule has 0 saturated heterocycles. The molecule has 1 aromatic carbocycles. The van der Waals surface area contributed by atoms with E-state index >= 15 is 0 Å². The largest absolute Gasteiger partial charge is 0.387 e. The minimum absolute atomic E-state index is 0.685. The second kappa shape index (κ2) is 4.60. The molecule has 13 heavy (non-hydrogen) atoms. The van der Waals surface area contributed by atoms with Crippen molar-refractivity contribution in [3.8, 4) is 0 Å². The van der Waals surface area contributed by atoms with E-state index in [9.17, 15) is 0 Å². The third-order valence-corrected chi connectivity index (χ3v) is 2.47. The quantitative estimate of drug-likeness (QED) is 0.507. The molecule has 0 bridgehead atoms. The lowest BCUT2D eigenvalue weighted by Crippen LogP contribution is -2.08. The van der Waals surface area contributed by atoms with Gasteiger partial charge in [-0.25, -0.2) is 4.99 Å². The SMILES string of the molecule is CCC(N)=Nc1cc(I)ccc1C. The highest BCUT2D eigenvalue weighted by Crippen LogP contribution is 2.21.